The Morgan fingerprint density at radius 3 is 2.73 bits per heavy atom. The van der Waals surface area contributed by atoms with Crippen LogP contribution in [0.4, 0.5) is 0 Å². The fourth-order valence-corrected chi connectivity index (χ4v) is 1.68. The summed E-state index contributed by atoms with van der Waals surface area (Å²) in [5.41, 5.74) is 0. The van der Waals surface area contributed by atoms with Crippen molar-refractivity contribution in [1.82, 2.24) is 10.6 Å². The van der Waals surface area contributed by atoms with E-state index in [1.54, 1.807) is 0 Å². The van der Waals surface area contributed by atoms with Gasteiger partial charge in [-0.25, -0.2) is 0 Å². The molecule has 1 saturated carbocycles. The van der Waals surface area contributed by atoms with E-state index in [9.17, 15) is 4.79 Å². The van der Waals surface area contributed by atoms with Gasteiger partial charge in [-0.05, 0) is 38.6 Å². The monoisotopic (exact) mass is 214 g/mol. The predicted molar refractivity (Wildman–Crippen MR) is 59.5 cm³/mol. The van der Waals surface area contributed by atoms with E-state index in [2.05, 4.69) is 10.6 Å². The molecule has 1 rings (SSSR count). The maximum absolute atomic E-state index is 11.3. The lowest BCUT2D eigenvalue weighted by atomic mass is 9.82. The van der Waals surface area contributed by atoms with E-state index < -0.39 is 0 Å². The second-order valence-electron chi connectivity index (χ2n) is 4.50. The molecule has 3 N–H and O–H groups in total. The molecule has 1 aliphatic rings. The second-order valence-corrected chi connectivity index (χ2v) is 4.50. The Hall–Kier alpha value is -0.610. The van der Waals surface area contributed by atoms with Gasteiger partial charge in [0.15, 0.2) is 0 Å². The predicted octanol–water partition coefficient (Wildman–Crippen LogP) is 0.262. The third kappa shape index (κ3) is 4.62. The topological polar surface area (TPSA) is 61.4 Å². The van der Waals surface area contributed by atoms with Crippen LogP contribution >= 0.6 is 0 Å². The third-order valence-corrected chi connectivity index (χ3v) is 2.95. The molecule has 15 heavy (non-hydrogen) atoms. The van der Waals surface area contributed by atoms with E-state index in [0.29, 0.717) is 12.5 Å². The summed E-state index contributed by atoms with van der Waals surface area (Å²) in [4.78, 5) is 11.3. The normalized spacial score (nSPS) is 26.9. The van der Waals surface area contributed by atoms with Gasteiger partial charge in [0.2, 0.25) is 5.91 Å². The van der Waals surface area contributed by atoms with Crippen LogP contribution in [-0.4, -0.2) is 36.2 Å². The molecule has 1 aliphatic carbocycles. The fourth-order valence-electron chi connectivity index (χ4n) is 1.68. The van der Waals surface area contributed by atoms with Crippen molar-refractivity contribution in [2.75, 3.05) is 13.1 Å². The van der Waals surface area contributed by atoms with Crippen LogP contribution in [0, 0.1) is 5.92 Å². The van der Waals surface area contributed by atoms with Gasteiger partial charge in [-0.15, -0.1) is 0 Å². The number of carbonyl (C=O) groups excluding carboxylic acids is 1. The summed E-state index contributed by atoms with van der Waals surface area (Å²) in [6.45, 7) is 5.27. The minimum Gasteiger partial charge on any atom is -0.393 e. The molecule has 1 atom stereocenters. The average Bonchev–Trinajstić information content (AvgIpc) is 2.14. The van der Waals surface area contributed by atoms with Crippen LogP contribution in [0.2, 0.25) is 0 Å². The Bertz CT molecular complexity index is 203. The molecule has 0 aromatic rings. The maximum Gasteiger partial charge on any atom is 0.234 e. The summed E-state index contributed by atoms with van der Waals surface area (Å²) >= 11 is 0. The van der Waals surface area contributed by atoms with Crippen LogP contribution in [0.3, 0.4) is 0 Å². The van der Waals surface area contributed by atoms with Gasteiger partial charge in [0.25, 0.3) is 0 Å². The van der Waals surface area contributed by atoms with Crippen LogP contribution in [-0.2, 0) is 4.79 Å². The Morgan fingerprint density at radius 2 is 2.20 bits per heavy atom. The van der Waals surface area contributed by atoms with Crippen molar-refractivity contribution >= 4 is 5.91 Å². The first-order valence-corrected chi connectivity index (χ1v) is 5.80. The number of aliphatic hydroxyl groups excluding tert-OH is 1. The van der Waals surface area contributed by atoms with Crippen molar-refractivity contribution in [2.45, 2.75) is 45.3 Å². The lowest BCUT2D eigenvalue weighted by molar-refractivity contribution is -0.120. The van der Waals surface area contributed by atoms with Gasteiger partial charge in [0, 0.05) is 6.04 Å². The molecule has 4 heteroatoms. The molecule has 0 spiro atoms. The number of aliphatic hydroxyl groups is 1. The van der Waals surface area contributed by atoms with Crippen LogP contribution in [0.1, 0.15) is 33.1 Å². The zero-order valence-electron chi connectivity index (χ0n) is 9.62. The lowest BCUT2D eigenvalue weighted by Crippen LogP contribution is -2.42. The van der Waals surface area contributed by atoms with Crippen LogP contribution < -0.4 is 10.6 Å². The smallest absolute Gasteiger partial charge is 0.234 e. The van der Waals surface area contributed by atoms with Crippen molar-refractivity contribution in [3.05, 3.63) is 0 Å². The Kier molecular flexibility index (Phi) is 5.05. The zero-order chi connectivity index (χ0) is 11.3. The summed E-state index contributed by atoms with van der Waals surface area (Å²) in [6.07, 6.45) is 2.60. The first kappa shape index (κ1) is 12.5. The third-order valence-electron chi connectivity index (χ3n) is 2.95. The minimum atomic E-state index is -0.106. The highest BCUT2D eigenvalue weighted by Gasteiger charge is 2.26. The van der Waals surface area contributed by atoms with E-state index >= 15 is 0 Å². The number of hydrogen-bond acceptors (Lipinski definition) is 3. The molecule has 0 bridgehead atoms. The van der Waals surface area contributed by atoms with Crippen molar-refractivity contribution in [3.63, 3.8) is 0 Å². The summed E-state index contributed by atoms with van der Waals surface area (Å²) < 4.78 is 0. The van der Waals surface area contributed by atoms with Crippen molar-refractivity contribution in [2.24, 2.45) is 5.92 Å². The lowest BCUT2D eigenvalue weighted by Gasteiger charge is -2.31. The maximum atomic E-state index is 11.3. The van der Waals surface area contributed by atoms with Crippen molar-refractivity contribution in [1.29, 1.82) is 0 Å². The highest BCUT2D eigenvalue weighted by Crippen LogP contribution is 2.25. The molecule has 4 nitrogen and oxygen atoms in total. The van der Waals surface area contributed by atoms with Crippen LogP contribution in [0.15, 0.2) is 0 Å². The zero-order valence-corrected chi connectivity index (χ0v) is 9.62. The Labute approximate surface area is 91.4 Å². The highest BCUT2D eigenvalue weighted by molar-refractivity contribution is 5.78. The number of amides is 1. The molecule has 0 saturated heterocycles. The quantitative estimate of drug-likeness (QED) is 0.594. The first-order valence-electron chi connectivity index (χ1n) is 5.80. The molecule has 1 amide bonds. The average molecular weight is 214 g/mol. The largest absolute Gasteiger partial charge is 0.393 e. The second kappa shape index (κ2) is 6.08. The van der Waals surface area contributed by atoms with Gasteiger partial charge < -0.3 is 15.7 Å². The number of nitrogens with one attached hydrogen (secondary N) is 2. The van der Waals surface area contributed by atoms with Crippen LogP contribution in [0.5, 0.6) is 0 Å². The molecule has 88 valence electrons. The number of hydrogen-bond donors (Lipinski definition) is 3. The van der Waals surface area contributed by atoms with Gasteiger partial charge in [-0.3, -0.25) is 4.79 Å². The minimum absolute atomic E-state index is 0.0595. The standard InChI is InChI=1S/C11H22N2O2/c1-3-8(2)13-11(15)7-12-6-9-4-10(14)5-9/h8-10,12,14H,3-7H2,1-2H3,(H,13,15). The number of rotatable bonds is 6. The first-order chi connectivity index (χ1) is 7.11. The summed E-state index contributed by atoms with van der Waals surface area (Å²) in [5, 5.41) is 15.1. The molecular formula is C11H22N2O2. The Balaban J connectivity index is 1.97. The van der Waals surface area contributed by atoms with E-state index in [1.165, 1.54) is 0 Å². The van der Waals surface area contributed by atoms with Crippen molar-refractivity contribution < 1.29 is 9.90 Å². The van der Waals surface area contributed by atoms with Gasteiger partial charge in [0.1, 0.15) is 0 Å². The van der Waals surface area contributed by atoms with Gasteiger partial charge in [-0.2, -0.15) is 0 Å². The van der Waals surface area contributed by atoms with Gasteiger partial charge in [-0.1, -0.05) is 6.92 Å². The molecule has 0 aromatic heterocycles. The Morgan fingerprint density at radius 1 is 1.53 bits per heavy atom. The van der Waals surface area contributed by atoms with Gasteiger partial charge in [0.05, 0.1) is 12.6 Å². The highest BCUT2D eigenvalue weighted by atomic mass is 16.3. The SMILES string of the molecule is CCC(C)NC(=O)CNCC1CC(O)C1. The fraction of sp³-hybridized carbons (Fsp3) is 0.909. The summed E-state index contributed by atoms with van der Waals surface area (Å²) in [6, 6.07) is 0.254. The number of carbonyl (C=O) groups is 1. The van der Waals surface area contributed by atoms with E-state index in [0.717, 1.165) is 25.8 Å². The van der Waals surface area contributed by atoms with E-state index in [4.69, 9.17) is 5.11 Å². The molecule has 0 heterocycles. The molecule has 1 unspecified atom stereocenters. The molecule has 1 fully saturated rings. The van der Waals surface area contributed by atoms with Gasteiger partial charge >= 0.3 is 0 Å². The summed E-state index contributed by atoms with van der Waals surface area (Å²) in [5.74, 6) is 0.612. The molecule has 0 radical (unpaired) electrons. The van der Waals surface area contributed by atoms with E-state index in [-0.39, 0.29) is 18.1 Å². The van der Waals surface area contributed by atoms with E-state index in [1.807, 2.05) is 13.8 Å². The molecule has 0 aromatic carbocycles. The summed E-state index contributed by atoms with van der Waals surface area (Å²) in [7, 11) is 0. The van der Waals surface area contributed by atoms with Crippen molar-refractivity contribution in [3.8, 4) is 0 Å². The molecule has 0 aliphatic heterocycles. The van der Waals surface area contributed by atoms with Crippen LogP contribution in [0.25, 0.3) is 0 Å². The molecular weight excluding hydrogens is 192 g/mol.